The lowest BCUT2D eigenvalue weighted by Crippen LogP contribution is -2.01. The van der Waals surface area contributed by atoms with Gasteiger partial charge in [-0.2, -0.15) is 0 Å². The van der Waals surface area contributed by atoms with Gasteiger partial charge in [-0.1, -0.05) is 0 Å². The molecule has 78 valence electrons. The maximum atomic E-state index is 5.63. The largest absolute Gasteiger partial charge is 0.466 e. The van der Waals surface area contributed by atoms with Crippen molar-refractivity contribution in [3.8, 4) is 0 Å². The second-order valence-electron chi connectivity index (χ2n) is 3.44. The number of pyridine rings is 1. The summed E-state index contributed by atoms with van der Waals surface area (Å²) in [6, 6.07) is 7.98. The second-order valence-corrected chi connectivity index (χ2v) is 3.44. The summed E-state index contributed by atoms with van der Waals surface area (Å²) in [6.45, 7) is 0.627. The topological polar surface area (TPSA) is 52.0 Å². The molecule has 0 aliphatic carbocycles. The molecule has 0 atom stereocenters. The van der Waals surface area contributed by atoms with Crippen molar-refractivity contribution in [3.63, 3.8) is 0 Å². The summed E-state index contributed by atoms with van der Waals surface area (Å²) in [6.07, 6.45) is 5.20. The molecule has 2 aromatic heterocycles. The van der Waals surface area contributed by atoms with E-state index in [0.717, 1.165) is 24.4 Å². The van der Waals surface area contributed by atoms with Crippen molar-refractivity contribution in [1.29, 1.82) is 0 Å². The minimum Gasteiger partial charge on any atom is -0.466 e. The van der Waals surface area contributed by atoms with Crippen LogP contribution in [0.5, 0.6) is 0 Å². The lowest BCUT2D eigenvalue weighted by Gasteiger charge is -1.97. The van der Waals surface area contributed by atoms with E-state index in [2.05, 4.69) is 4.98 Å². The Labute approximate surface area is 88.9 Å². The van der Waals surface area contributed by atoms with E-state index in [1.54, 1.807) is 12.4 Å². The Bertz CT molecular complexity index is 409. The van der Waals surface area contributed by atoms with Crippen LogP contribution in [-0.2, 0) is 12.8 Å². The zero-order valence-electron chi connectivity index (χ0n) is 8.52. The van der Waals surface area contributed by atoms with E-state index in [0.29, 0.717) is 6.54 Å². The summed E-state index contributed by atoms with van der Waals surface area (Å²) < 4.78 is 5.63. The Morgan fingerprint density at radius 3 is 2.53 bits per heavy atom. The van der Waals surface area contributed by atoms with E-state index in [1.807, 2.05) is 24.3 Å². The van der Waals surface area contributed by atoms with Gasteiger partial charge in [0.25, 0.3) is 0 Å². The molecule has 2 heterocycles. The maximum absolute atomic E-state index is 5.63. The Hall–Kier alpha value is -1.61. The molecule has 2 aromatic rings. The highest BCUT2D eigenvalue weighted by Gasteiger charge is 2.02. The molecule has 0 aliphatic rings. The van der Waals surface area contributed by atoms with Crippen molar-refractivity contribution >= 4 is 0 Å². The Kier molecular flexibility index (Phi) is 3.15. The van der Waals surface area contributed by atoms with E-state index < -0.39 is 0 Å². The third-order valence-electron chi connectivity index (χ3n) is 2.24. The molecular formula is C12H14N2O. The van der Waals surface area contributed by atoms with Gasteiger partial charge in [0.2, 0.25) is 0 Å². The lowest BCUT2D eigenvalue weighted by molar-refractivity contribution is 0.474. The first kappa shape index (κ1) is 9.93. The van der Waals surface area contributed by atoms with Gasteiger partial charge in [0, 0.05) is 25.2 Å². The molecule has 0 saturated carbocycles. The summed E-state index contributed by atoms with van der Waals surface area (Å²) in [5.74, 6) is 1.94. The fourth-order valence-electron chi connectivity index (χ4n) is 1.50. The average Bonchev–Trinajstić information content (AvgIpc) is 2.68. The van der Waals surface area contributed by atoms with Crippen LogP contribution in [-0.4, -0.2) is 11.5 Å². The summed E-state index contributed by atoms with van der Waals surface area (Å²) >= 11 is 0. The molecule has 0 aliphatic heterocycles. The summed E-state index contributed by atoms with van der Waals surface area (Å²) in [4.78, 5) is 3.97. The van der Waals surface area contributed by atoms with E-state index in [4.69, 9.17) is 10.2 Å². The summed E-state index contributed by atoms with van der Waals surface area (Å²) in [5, 5.41) is 0. The maximum Gasteiger partial charge on any atom is 0.108 e. The van der Waals surface area contributed by atoms with Gasteiger partial charge in [0.1, 0.15) is 11.5 Å². The molecule has 0 bridgehead atoms. The van der Waals surface area contributed by atoms with E-state index in [-0.39, 0.29) is 0 Å². The Morgan fingerprint density at radius 1 is 1.07 bits per heavy atom. The van der Waals surface area contributed by atoms with Gasteiger partial charge in [-0.25, -0.2) is 0 Å². The van der Waals surface area contributed by atoms with Crippen LogP contribution in [0.3, 0.4) is 0 Å². The fourth-order valence-corrected chi connectivity index (χ4v) is 1.50. The third kappa shape index (κ3) is 2.67. The molecular weight excluding hydrogens is 188 g/mol. The molecule has 15 heavy (non-hydrogen) atoms. The highest BCUT2D eigenvalue weighted by atomic mass is 16.3. The summed E-state index contributed by atoms with van der Waals surface area (Å²) in [5.41, 5.74) is 6.66. The first-order chi connectivity index (χ1) is 7.38. The zero-order chi connectivity index (χ0) is 10.5. The van der Waals surface area contributed by atoms with E-state index in [9.17, 15) is 0 Å². The standard InChI is InChI=1S/C12H14N2O/c13-6-3-11-1-2-12(15-11)9-10-4-7-14-8-5-10/h1-2,4-5,7-8H,3,6,9,13H2. The Morgan fingerprint density at radius 2 is 1.80 bits per heavy atom. The number of nitrogens with zero attached hydrogens (tertiary/aromatic N) is 1. The van der Waals surface area contributed by atoms with Crippen LogP contribution in [0.1, 0.15) is 17.1 Å². The number of furan rings is 1. The number of aromatic nitrogens is 1. The fraction of sp³-hybridized carbons (Fsp3) is 0.250. The molecule has 0 radical (unpaired) electrons. The van der Waals surface area contributed by atoms with E-state index >= 15 is 0 Å². The van der Waals surface area contributed by atoms with Gasteiger partial charge >= 0.3 is 0 Å². The van der Waals surface area contributed by atoms with Gasteiger partial charge < -0.3 is 10.2 Å². The predicted molar refractivity (Wildman–Crippen MR) is 58.5 cm³/mol. The van der Waals surface area contributed by atoms with E-state index in [1.165, 1.54) is 5.56 Å². The molecule has 2 rings (SSSR count). The number of nitrogens with two attached hydrogens (primary N) is 1. The highest BCUT2D eigenvalue weighted by molar-refractivity contribution is 5.19. The van der Waals surface area contributed by atoms with Crippen molar-refractivity contribution in [2.24, 2.45) is 5.73 Å². The molecule has 0 aromatic carbocycles. The highest BCUT2D eigenvalue weighted by Crippen LogP contribution is 2.12. The number of rotatable bonds is 4. The average molecular weight is 202 g/mol. The molecule has 0 saturated heterocycles. The van der Waals surface area contributed by atoms with Crippen LogP contribution in [0.25, 0.3) is 0 Å². The van der Waals surface area contributed by atoms with Gasteiger partial charge in [-0.05, 0) is 36.4 Å². The van der Waals surface area contributed by atoms with Crippen LogP contribution in [0.15, 0.2) is 41.1 Å². The monoisotopic (exact) mass is 202 g/mol. The normalized spacial score (nSPS) is 10.5. The number of hydrogen-bond acceptors (Lipinski definition) is 3. The SMILES string of the molecule is NCCc1ccc(Cc2ccncc2)o1. The number of hydrogen-bond donors (Lipinski definition) is 1. The van der Waals surface area contributed by atoms with Crippen LogP contribution in [0, 0.1) is 0 Å². The third-order valence-corrected chi connectivity index (χ3v) is 2.24. The van der Waals surface area contributed by atoms with Crippen molar-refractivity contribution in [2.75, 3.05) is 6.54 Å². The van der Waals surface area contributed by atoms with Crippen LogP contribution >= 0.6 is 0 Å². The van der Waals surface area contributed by atoms with Crippen LogP contribution in [0.4, 0.5) is 0 Å². The molecule has 0 amide bonds. The first-order valence-electron chi connectivity index (χ1n) is 5.05. The molecule has 2 N–H and O–H groups in total. The van der Waals surface area contributed by atoms with Crippen molar-refractivity contribution in [2.45, 2.75) is 12.8 Å². The predicted octanol–water partition coefficient (Wildman–Crippen LogP) is 1.77. The summed E-state index contributed by atoms with van der Waals surface area (Å²) in [7, 11) is 0. The van der Waals surface area contributed by atoms with Crippen LogP contribution in [0.2, 0.25) is 0 Å². The molecule has 3 nitrogen and oxygen atoms in total. The molecule has 3 heteroatoms. The molecule has 0 unspecified atom stereocenters. The lowest BCUT2D eigenvalue weighted by atomic mass is 10.2. The van der Waals surface area contributed by atoms with Gasteiger partial charge in [0.05, 0.1) is 0 Å². The smallest absolute Gasteiger partial charge is 0.108 e. The quantitative estimate of drug-likeness (QED) is 0.822. The van der Waals surface area contributed by atoms with Gasteiger partial charge in [0.15, 0.2) is 0 Å². The minimum atomic E-state index is 0.627. The Balaban J connectivity index is 2.05. The van der Waals surface area contributed by atoms with Crippen molar-refractivity contribution < 1.29 is 4.42 Å². The minimum absolute atomic E-state index is 0.627. The van der Waals surface area contributed by atoms with Crippen LogP contribution < -0.4 is 5.73 Å². The van der Waals surface area contributed by atoms with Crippen molar-refractivity contribution in [1.82, 2.24) is 4.98 Å². The van der Waals surface area contributed by atoms with Gasteiger partial charge in [-0.15, -0.1) is 0 Å². The molecule has 0 fully saturated rings. The van der Waals surface area contributed by atoms with Gasteiger partial charge in [-0.3, -0.25) is 4.98 Å². The zero-order valence-corrected chi connectivity index (χ0v) is 8.52. The second kappa shape index (κ2) is 4.75. The first-order valence-corrected chi connectivity index (χ1v) is 5.05. The molecule has 0 spiro atoms. The van der Waals surface area contributed by atoms with Crippen molar-refractivity contribution in [3.05, 3.63) is 53.7 Å².